The highest BCUT2D eigenvalue weighted by Gasteiger charge is 2.08. The van der Waals surface area contributed by atoms with Gasteiger partial charge in [0.1, 0.15) is 11.2 Å². The number of aromatic nitrogens is 1. The molecule has 2 heterocycles. The molecule has 2 aromatic heterocycles. The van der Waals surface area contributed by atoms with Crippen molar-refractivity contribution in [2.24, 2.45) is 0 Å². The number of fused-ring (bicyclic) bond motifs is 1. The number of nitriles is 1. The van der Waals surface area contributed by atoms with Crippen LogP contribution >= 0.6 is 22.9 Å². The van der Waals surface area contributed by atoms with Crippen molar-refractivity contribution >= 4 is 33.0 Å². The van der Waals surface area contributed by atoms with Gasteiger partial charge in [0.15, 0.2) is 0 Å². The zero-order chi connectivity index (χ0) is 9.42. The molecule has 0 fully saturated rings. The monoisotopic (exact) mass is 208 g/mol. The van der Waals surface area contributed by atoms with E-state index < -0.39 is 0 Å². The van der Waals surface area contributed by atoms with E-state index in [0.717, 1.165) is 15.0 Å². The van der Waals surface area contributed by atoms with Gasteiger partial charge in [-0.1, -0.05) is 11.6 Å². The van der Waals surface area contributed by atoms with Crippen molar-refractivity contribution in [3.8, 4) is 6.07 Å². The fourth-order valence-corrected chi connectivity index (χ4v) is 2.39. The highest BCUT2D eigenvalue weighted by Crippen LogP contribution is 2.31. The first kappa shape index (κ1) is 8.49. The molecule has 0 atom stereocenters. The first-order chi connectivity index (χ1) is 6.22. The molecule has 0 saturated heterocycles. The van der Waals surface area contributed by atoms with Crippen LogP contribution in [0.15, 0.2) is 12.3 Å². The molecule has 0 unspecified atom stereocenters. The van der Waals surface area contributed by atoms with E-state index in [1.165, 1.54) is 6.20 Å². The molecule has 0 spiro atoms. The second-order valence-electron chi connectivity index (χ2n) is 2.67. The molecule has 0 N–H and O–H groups in total. The topological polar surface area (TPSA) is 36.7 Å². The summed E-state index contributed by atoms with van der Waals surface area (Å²) in [6.45, 7) is 1.99. The zero-order valence-electron chi connectivity index (χ0n) is 6.84. The lowest BCUT2D eigenvalue weighted by Crippen LogP contribution is -1.79. The molecule has 0 aliphatic rings. The van der Waals surface area contributed by atoms with Gasteiger partial charge in [-0.3, -0.25) is 0 Å². The predicted molar refractivity (Wildman–Crippen MR) is 54.1 cm³/mol. The van der Waals surface area contributed by atoms with E-state index in [-0.39, 0.29) is 0 Å². The van der Waals surface area contributed by atoms with E-state index >= 15 is 0 Å². The second kappa shape index (κ2) is 2.99. The highest BCUT2D eigenvalue weighted by molar-refractivity contribution is 7.19. The third-order valence-corrected chi connectivity index (χ3v) is 3.22. The summed E-state index contributed by atoms with van der Waals surface area (Å²) in [6.07, 6.45) is 1.51. The summed E-state index contributed by atoms with van der Waals surface area (Å²) < 4.78 is 0.901. The van der Waals surface area contributed by atoms with E-state index in [9.17, 15) is 0 Å². The lowest BCUT2D eigenvalue weighted by atomic mass is 10.2. The molecule has 0 radical (unpaired) electrons. The minimum absolute atomic E-state index is 0.479. The second-order valence-corrected chi connectivity index (χ2v) is 4.29. The fraction of sp³-hybridized carbons (Fsp3) is 0.111. The normalized spacial score (nSPS) is 10.2. The number of pyridine rings is 1. The van der Waals surface area contributed by atoms with Crippen molar-refractivity contribution in [2.75, 3.05) is 0 Å². The van der Waals surface area contributed by atoms with Crippen LogP contribution in [-0.4, -0.2) is 4.98 Å². The van der Waals surface area contributed by atoms with Crippen molar-refractivity contribution < 1.29 is 0 Å². The molecule has 13 heavy (non-hydrogen) atoms. The first-order valence-electron chi connectivity index (χ1n) is 3.67. The van der Waals surface area contributed by atoms with Gasteiger partial charge in [0, 0.05) is 16.5 Å². The van der Waals surface area contributed by atoms with Crippen LogP contribution in [0.4, 0.5) is 0 Å². The molecule has 0 aromatic carbocycles. The summed E-state index contributed by atoms with van der Waals surface area (Å²) in [6, 6.07) is 4.06. The summed E-state index contributed by atoms with van der Waals surface area (Å²) in [5.74, 6) is 0. The maximum Gasteiger partial charge on any atom is 0.146 e. The van der Waals surface area contributed by atoms with Gasteiger partial charge in [0.2, 0.25) is 0 Å². The van der Waals surface area contributed by atoms with Crippen molar-refractivity contribution in [1.29, 1.82) is 5.26 Å². The molecule has 0 bridgehead atoms. The van der Waals surface area contributed by atoms with Crippen molar-refractivity contribution in [2.45, 2.75) is 6.92 Å². The smallest absolute Gasteiger partial charge is 0.146 e. The van der Waals surface area contributed by atoms with Crippen LogP contribution in [0.3, 0.4) is 0 Å². The molecule has 0 aliphatic carbocycles. The molecule has 0 aliphatic heterocycles. The molecule has 64 valence electrons. The largest absolute Gasteiger partial charge is 0.242 e. The standard InChI is InChI=1S/C9H5ClN2S/c1-5-2-7-6(3-11)4-12-9(10)8(7)13-5/h2,4H,1H3. The quantitative estimate of drug-likeness (QED) is 0.624. The van der Waals surface area contributed by atoms with Gasteiger partial charge in [-0.2, -0.15) is 5.26 Å². The third kappa shape index (κ3) is 1.28. The Bertz CT molecular complexity index is 510. The molecular weight excluding hydrogens is 204 g/mol. The molecule has 0 saturated carbocycles. The van der Waals surface area contributed by atoms with E-state index in [2.05, 4.69) is 11.1 Å². The average Bonchev–Trinajstić information content (AvgIpc) is 2.48. The summed E-state index contributed by atoms with van der Waals surface area (Å²) in [5, 5.41) is 10.2. The lowest BCUT2D eigenvalue weighted by Gasteiger charge is -1.93. The third-order valence-electron chi connectivity index (χ3n) is 1.76. The van der Waals surface area contributed by atoms with E-state index in [1.54, 1.807) is 11.3 Å². The lowest BCUT2D eigenvalue weighted by molar-refractivity contribution is 1.34. The maximum absolute atomic E-state index is 8.81. The number of thiophene rings is 1. The van der Waals surface area contributed by atoms with E-state index in [1.807, 2.05) is 13.0 Å². The maximum atomic E-state index is 8.81. The van der Waals surface area contributed by atoms with Crippen LogP contribution < -0.4 is 0 Å². The average molecular weight is 209 g/mol. The van der Waals surface area contributed by atoms with E-state index in [0.29, 0.717) is 10.7 Å². The van der Waals surface area contributed by atoms with Crippen LogP contribution in [-0.2, 0) is 0 Å². The summed E-state index contributed by atoms with van der Waals surface area (Å²) in [5.41, 5.74) is 0.587. The molecule has 0 amide bonds. The Morgan fingerprint density at radius 1 is 1.62 bits per heavy atom. The minimum Gasteiger partial charge on any atom is -0.242 e. The SMILES string of the molecule is Cc1cc2c(C#N)cnc(Cl)c2s1. The molecule has 4 heteroatoms. The Kier molecular flexibility index (Phi) is 1.95. The summed E-state index contributed by atoms with van der Waals surface area (Å²) >= 11 is 7.45. The summed E-state index contributed by atoms with van der Waals surface area (Å²) in [7, 11) is 0. The molecular formula is C9H5ClN2S. The van der Waals surface area contributed by atoms with Gasteiger partial charge < -0.3 is 0 Å². The Hall–Kier alpha value is -1.11. The van der Waals surface area contributed by atoms with Gasteiger partial charge >= 0.3 is 0 Å². The van der Waals surface area contributed by atoms with Crippen LogP contribution in [0, 0.1) is 18.3 Å². The Labute approximate surface area is 84.4 Å². The Balaban J connectivity index is 2.94. The van der Waals surface area contributed by atoms with Gasteiger partial charge in [-0.25, -0.2) is 4.98 Å². The first-order valence-corrected chi connectivity index (χ1v) is 4.86. The highest BCUT2D eigenvalue weighted by atomic mass is 35.5. The number of nitrogens with zero attached hydrogens (tertiary/aromatic N) is 2. The van der Waals surface area contributed by atoms with E-state index in [4.69, 9.17) is 16.9 Å². The Morgan fingerprint density at radius 2 is 2.38 bits per heavy atom. The van der Waals surface area contributed by atoms with Crippen LogP contribution in [0.5, 0.6) is 0 Å². The van der Waals surface area contributed by atoms with Crippen molar-refractivity contribution in [3.63, 3.8) is 0 Å². The number of halogens is 1. The number of rotatable bonds is 0. The molecule has 2 rings (SSSR count). The zero-order valence-corrected chi connectivity index (χ0v) is 8.41. The predicted octanol–water partition coefficient (Wildman–Crippen LogP) is 3.13. The van der Waals surface area contributed by atoms with Gasteiger partial charge in [0.25, 0.3) is 0 Å². The van der Waals surface area contributed by atoms with Crippen LogP contribution in [0.1, 0.15) is 10.4 Å². The van der Waals surface area contributed by atoms with Crippen LogP contribution in [0.2, 0.25) is 5.15 Å². The number of aryl methyl sites for hydroxylation is 1. The van der Waals surface area contributed by atoms with Crippen LogP contribution in [0.25, 0.3) is 10.1 Å². The minimum atomic E-state index is 0.479. The molecule has 2 aromatic rings. The fourth-order valence-electron chi connectivity index (χ4n) is 1.21. The van der Waals surface area contributed by atoms with Crippen molar-refractivity contribution in [3.05, 3.63) is 27.9 Å². The van der Waals surface area contributed by atoms with Crippen molar-refractivity contribution in [1.82, 2.24) is 4.98 Å². The number of hydrogen-bond donors (Lipinski definition) is 0. The molecule has 2 nitrogen and oxygen atoms in total. The number of hydrogen-bond acceptors (Lipinski definition) is 3. The Morgan fingerprint density at radius 3 is 3.08 bits per heavy atom. The van der Waals surface area contributed by atoms with Gasteiger partial charge in [-0.05, 0) is 13.0 Å². The summed E-state index contributed by atoms with van der Waals surface area (Å²) in [4.78, 5) is 5.08. The van der Waals surface area contributed by atoms with Gasteiger partial charge in [0.05, 0.1) is 10.3 Å². The van der Waals surface area contributed by atoms with Gasteiger partial charge in [-0.15, -0.1) is 11.3 Å².